The normalized spacial score (nSPS) is 17.0. The number of ether oxygens (including phenoxy) is 1. The number of nitrogens with two attached hydrogens (primary N) is 1. The number of hydrogen-bond acceptors (Lipinski definition) is 6. The van der Waals surface area contributed by atoms with Gasteiger partial charge in [0.25, 0.3) is 0 Å². The fourth-order valence-corrected chi connectivity index (χ4v) is 1.34. The Hall–Kier alpha value is -1.63. The van der Waals surface area contributed by atoms with Crippen molar-refractivity contribution in [3.8, 4) is 0 Å². The Morgan fingerprint density at radius 1 is 1.36 bits per heavy atom. The molecule has 2 heterocycles. The van der Waals surface area contributed by atoms with Crippen molar-refractivity contribution in [1.29, 1.82) is 5.41 Å². The predicted molar refractivity (Wildman–Crippen MR) is 48.3 cm³/mol. The van der Waals surface area contributed by atoms with Gasteiger partial charge < -0.3 is 15.4 Å². The first kappa shape index (κ1) is 8.95. The molecule has 0 radical (unpaired) electrons. The lowest BCUT2D eigenvalue weighted by atomic mass is 10.3. The van der Waals surface area contributed by atoms with Crippen LogP contribution >= 0.6 is 0 Å². The molecule has 76 valence electrons. The van der Waals surface area contributed by atoms with Gasteiger partial charge in [-0.2, -0.15) is 0 Å². The third-order valence-electron chi connectivity index (χ3n) is 2.04. The number of nitrogens with zero attached hydrogens (tertiary/aromatic N) is 3. The zero-order valence-electron chi connectivity index (χ0n) is 7.56. The molecule has 7 heteroatoms. The van der Waals surface area contributed by atoms with Gasteiger partial charge in [-0.25, -0.2) is 4.63 Å². The van der Waals surface area contributed by atoms with E-state index >= 15 is 0 Å². The van der Waals surface area contributed by atoms with Gasteiger partial charge in [0.05, 0.1) is 13.2 Å². The van der Waals surface area contributed by atoms with Gasteiger partial charge in [0.15, 0.2) is 5.69 Å². The first-order valence-electron chi connectivity index (χ1n) is 4.28. The van der Waals surface area contributed by atoms with Crippen LogP contribution in [-0.4, -0.2) is 42.5 Å². The maximum Gasteiger partial charge on any atom is 0.204 e. The van der Waals surface area contributed by atoms with Gasteiger partial charge in [0, 0.05) is 13.1 Å². The summed E-state index contributed by atoms with van der Waals surface area (Å²) in [6.45, 7) is 2.72. The van der Waals surface area contributed by atoms with Gasteiger partial charge in [-0.15, -0.1) is 0 Å². The molecule has 0 unspecified atom stereocenters. The molecule has 1 saturated heterocycles. The number of anilines is 1. The van der Waals surface area contributed by atoms with Crippen molar-refractivity contribution in [3.05, 3.63) is 5.69 Å². The van der Waals surface area contributed by atoms with Crippen LogP contribution in [0.1, 0.15) is 5.69 Å². The van der Waals surface area contributed by atoms with Crippen molar-refractivity contribution in [2.45, 2.75) is 0 Å². The van der Waals surface area contributed by atoms with Crippen LogP contribution in [0.25, 0.3) is 0 Å². The third kappa shape index (κ3) is 1.53. The number of rotatable bonds is 2. The van der Waals surface area contributed by atoms with Crippen LogP contribution in [0.3, 0.4) is 0 Å². The lowest BCUT2D eigenvalue weighted by molar-refractivity contribution is 0.122. The van der Waals surface area contributed by atoms with Crippen molar-refractivity contribution in [1.82, 2.24) is 10.3 Å². The molecule has 1 aliphatic rings. The van der Waals surface area contributed by atoms with Crippen LogP contribution < -0.4 is 10.6 Å². The lowest BCUT2D eigenvalue weighted by Crippen LogP contribution is -2.37. The fourth-order valence-electron chi connectivity index (χ4n) is 1.34. The van der Waals surface area contributed by atoms with Crippen LogP contribution in [0, 0.1) is 5.41 Å². The Morgan fingerprint density at radius 3 is 2.71 bits per heavy atom. The first-order valence-corrected chi connectivity index (χ1v) is 4.28. The second-order valence-corrected chi connectivity index (χ2v) is 2.95. The van der Waals surface area contributed by atoms with E-state index in [0.29, 0.717) is 37.8 Å². The van der Waals surface area contributed by atoms with Gasteiger partial charge in [0.1, 0.15) is 5.84 Å². The summed E-state index contributed by atoms with van der Waals surface area (Å²) in [6.07, 6.45) is 0. The summed E-state index contributed by atoms with van der Waals surface area (Å²) >= 11 is 0. The van der Waals surface area contributed by atoms with Crippen molar-refractivity contribution < 1.29 is 9.37 Å². The Balaban J connectivity index is 2.21. The highest BCUT2D eigenvalue weighted by Crippen LogP contribution is 2.16. The van der Waals surface area contributed by atoms with Crippen LogP contribution in [0.15, 0.2) is 4.63 Å². The second-order valence-electron chi connectivity index (χ2n) is 2.95. The minimum atomic E-state index is -0.132. The standard InChI is InChI=1S/C7H11N5O2/c8-6(9)5-7(11-14-10-5)12-1-3-13-4-2-12/h1-4H2,(H3,8,9). The van der Waals surface area contributed by atoms with E-state index in [9.17, 15) is 0 Å². The van der Waals surface area contributed by atoms with E-state index in [-0.39, 0.29) is 5.84 Å². The second kappa shape index (κ2) is 3.62. The van der Waals surface area contributed by atoms with Gasteiger partial charge in [-0.3, -0.25) is 5.41 Å². The van der Waals surface area contributed by atoms with Gasteiger partial charge >= 0.3 is 0 Å². The van der Waals surface area contributed by atoms with E-state index in [1.165, 1.54) is 0 Å². The summed E-state index contributed by atoms with van der Waals surface area (Å²) in [5.74, 6) is 0.397. The highest BCUT2D eigenvalue weighted by molar-refractivity contribution is 5.97. The maximum absolute atomic E-state index is 7.27. The first-order chi connectivity index (χ1) is 6.79. The van der Waals surface area contributed by atoms with Crippen molar-refractivity contribution in [3.63, 3.8) is 0 Å². The molecule has 1 aromatic heterocycles. The van der Waals surface area contributed by atoms with E-state index in [1.807, 2.05) is 4.90 Å². The number of nitrogen functional groups attached to an aromatic ring is 1. The molecule has 7 nitrogen and oxygen atoms in total. The minimum Gasteiger partial charge on any atom is -0.382 e. The van der Waals surface area contributed by atoms with E-state index in [0.717, 1.165) is 0 Å². The molecule has 0 saturated carbocycles. The summed E-state index contributed by atoms with van der Waals surface area (Å²) in [5.41, 5.74) is 5.63. The Morgan fingerprint density at radius 2 is 2.07 bits per heavy atom. The molecule has 1 aliphatic heterocycles. The molecule has 0 bridgehead atoms. The molecule has 0 aromatic carbocycles. The molecule has 0 spiro atoms. The molecule has 3 N–H and O–H groups in total. The highest BCUT2D eigenvalue weighted by Gasteiger charge is 2.21. The zero-order chi connectivity index (χ0) is 9.97. The lowest BCUT2D eigenvalue weighted by Gasteiger charge is -2.26. The fraction of sp³-hybridized carbons (Fsp3) is 0.571. The molecule has 1 aromatic rings. The minimum absolute atomic E-state index is 0.132. The monoisotopic (exact) mass is 197 g/mol. The summed E-state index contributed by atoms with van der Waals surface area (Å²) in [5, 5.41) is 14.6. The van der Waals surface area contributed by atoms with Crippen molar-refractivity contribution in [2.24, 2.45) is 5.73 Å². The largest absolute Gasteiger partial charge is 0.382 e. The average Bonchev–Trinajstić information content (AvgIpc) is 2.67. The summed E-state index contributed by atoms with van der Waals surface area (Å²) < 4.78 is 9.75. The molecule has 0 aliphatic carbocycles. The average molecular weight is 197 g/mol. The van der Waals surface area contributed by atoms with Crippen LogP contribution in [-0.2, 0) is 4.74 Å². The Bertz CT molecular complexity index is 331. The van der Waals surface area contributed by atoms with E-state index in [1.54, 1.807) is 0 Å². The maximum atomic E-state index is 7.27. The van der Waals surface area contributed by atoms with Crippen LogP contribution in [0.4, 0.5) is 5.82 Å². The number of nitrogens with one attached hydrogen (secondary N) is 1. The van der Waals surface area contributed by atoms with Gasteiger partial charge in [-0.05, 0) is 10.3 Å². The van der Waals surface area contributed by atoms with E-state index in [2.05, 4.69) is 14.9 Å². The van der Waals surface area contributed by atoms with Crippen molar-refractivity contribution in [2.75, 3.05) is 31.2 Å². The molecular formula is C7H11N5O2. The highest BCUT2D eigenvalue weighted by atomic mass is 16.6. The van der Waals surface area contributed by atoms with Gasteiger partial charge in [-0.1, -0.05) is 0 Å². The van der Waals surface area contributed by atoms with E-state index < -0.39 is 0 Å². The zero-order valence-corrected chi connectivity index (χ0v) is 7.56. The number of hydrogen-bond donors (Lipinski definition) is 2. The van der Waals surface area contributed by atoms with Gasteiger partial charge in [0.2, 0.25) is 5.82 Å². The van der Waals surface area contributed by atoms with E-state index in [4.69, 9.17) is 15.9 Å². The molecule has 1 fully saturated rings. The van der Waals surface area contributed by atoms with Crippen molar-refractivity contribution >= 4 is 11.7 Å². The number of morpholine rings is 1. The Labute approximate surface area is 80.3 Å². The summed E-state index contributed by atoms with van der Waals surface area (Å²) in [6, 6.07) is 0. The molecule has 2 rings (SSSR count). The predicted octanol–water partition coefficient (Wildman–Crippen LogP) is -0.810. The summed E-state index contributed by atoms with van der Waals surface area (Å²) in [7, 11) is 0. The Kier molecular flexibility index (Phi) is 2.32. The summed E-state index contributed by atoms with van der Waals surface area (Å²) in [4.78, 5) is 1.94. The number of amidine groups is 1. The van der Waals surface area contributed by atoms with Crippen LogP contribution in [0.2, 0.25) is 0 Å². The van der Waals surface area contributed by atoms with Crippen LogP contribution in [0.5, 0.6) is 0 Å². The third-order valence-corrected chi connectivity index (χ3v) is 2.04. The molecule has 0 amide bonds. The molecule has 14 heavy (non-hydrogen) atoms. The number of aromatic nitrogens is 2. The molecular weight excluding hydrogens is 186 g/mol. The quantitative estimate of drug-likeness (QED) is 0.475. The topological polar surface area (TPSA) is 101 Å². The molecule has 0 atom stereocenters. The SMILES string of the molecule is N=C(N)c1nonc1N1CCOCC1. The smallest absolute Gasteiger partial charge is 0.204 e.